The summed E-state index contributed by atoms with van der Waals surface area (Å²) in [6.45, 7) is 1.88. The van der Waals surface area contributed by atoms with E-state index < -0.39 is 74.5 Å². The molecule has 210 valence electrons. The van der Waals surface area contributed by atoms with Crippen molar-refractivity contribution in [2.75, 3.05) is 34.0 Å². The van der Waals surface area contributed by atoms with Crippen molar-refractivity contribution < 1.29 is 68.6 Å². The molecular formula is C23H34O14. The highest BCUT2D eigenvalue weighted by molar-refractivity contribution is 5.91. The fourth-order valence-electron chi connectivity index (χ4n) is 3.83. The van der Waals surface area contributed by atoms with Crippen molar-refractivity contribution >= 4 is 5.97 Å². The van der Waals surface area contributed by atoms with E-state index in [9.17, 15) is 35.4 Å². The summed E-state index contributed by atoms with van der Waals surface area (Å²) in [5, 5.41) is 61.7. The second-order valence-electron chi connectivity index (χ2n) is 9.07. The van der Waals surface area contributed by atoms with Crippen molar-refractivity contribution in [1.29, 1.82) is 0 Å². The molecule has 0 bridgehead atoms. The van der Waals surface area contributed by atoms with Crippen LogP contribution in [-0.4, -0.2) is 125 Å². The lowest BCUT2D eigenvalue weighted by atomic mass is 9.99. The number of rotatable bonds is 10. The van der Waals surface area contributed by atoms with Gasteiger partial charge in [-0.3, -0.25) is 0 Å². The predicted molar refractivity (Wildman–Crippen MR) is 121 cm³/mol. The Morgan fingerprint density at radius 1 is 1.05 bits per heavy atom. The highest BCUT2D eigenvalue weighted by atomic mass is 16.7. The molecule has 0 amide bonds. The Morgan fingerprint density at radius 3 is 2.24 bits per heavy atom. The van der Waals surface area contributed by atoms with Crippen molar-refractivity contribution in [1.82, 2.24) is 0 Å². The number of aromatic hydroxyl groups is 1. The first kappa shape index (κ1) is 29.3. The first-order chi connectivity index (χ1) is 17.4. The quantitative estimate of drug-likeness (QED) is 0.185. The highest BCUT2D eigenvalue weighted by Crippen LogP contribution is 2.37. The summed E-state index contributed by atoms with van der Waals surface area (Å²) in [5.74, 6) is -1.28. The Balaban J connectivity index is 1.58. The standard InChI is InChI=1S/C23H34O14/c1-10(2)36-21-18(27)17(26)16(25)14(37-21)7-33-22-19(28)23(30,9-35-22)8-34-20(29)11-5-12(31-3)15(24)13(6-11)32-4/h5-6,10,14,16-19,21-22,24-28,30H,7-9H2,1-4H3/t14-,16-,17+,18-,19+,21-,22-,23-/m1/s1. The number of hydrogen-bond donors (Lipinski definition) is 6. The van der Waals surface area contributed by atoms with Crippen LogP contribution < -0.4 is 9.47 Å². The smallest absolute Gasteiger partial charge is 0.338 e. The zero-order valence-corrected chi connectivity index (χ0v) is 20.8. The number of carbonyl (C=O) groups excluding carboxylic acids is 1. The third-order valence-corrected chi connectivity index (χ3v) is 5.97. The summed E-state index contributed by atoms with van der Waals surface area (Å²) in [4.78, 5) is 12.5. The fourth-order valence-corrected chi connectivity index (χ4v) is 3.83. The number of aliphatic hydroxyl groups is 5. The zero-order chi connectivity index (χ0) is 27.5. The van der Waals surface area contributed by atoms with Gasteiger partial charge in [0.05, 0.1) is 39.1 Å². The number of phenols is 1. The Bertz CT molecular complexity index is 900. The van der Waals surface area contributed by atoms with Gasteiger partial charge in [-0.25, -0.2) is 4.79 Å². The van der Waals surface area contributed by atoms with Crippen LogP contribution >= 0.6 is 0 Å². The first-order valence-electron chi connectivity index (χ1n) is 11.5. The minimum atomic E-state index is -2.03. The highest BCUT2D eigenvalue weighted by Gasteiger charge is 2.51. The van der Waals surface area contributed by atoms with Gasteiger partial charge in [-0.2, -0.15) is 0 Å². The second kappa shape index (κ2) is 12.1. The van der Waals surface area contributed by atoms with E-state index in [2.05, 4.69) is 0 Å². The number of aliphatic hydroxyl groups excluding tert-OH is 4. The summed E-state index contributed by atoms with van der Waals surface area (Å²) < 4.78 is 36.8. The molecule has 0 aliphatic carbocycles. The number of methoxy groups -OCH3 is 2. The molecule has 6 N–H and O–H groups in total. The van der Waals surface area contributed by atoms with E-state index in [1.807, 2.05) is 0 Å². The maximum Gasteiger partial charge on any atom is 0.338 e. The van der Waals surface area contributed by atoms with Crippen molar-refractivity contribution in [2.24, 2.45) is 0 Å². The van der Waals surface area contributed by atoms with Gasteiger partial charge in [-0.1, -0.05) is 0 Å². The normalized spacial score (nSPS) is 33.9. The molecule has 0 saturated carbocycles. The fraction of sp³-hybridized carbons (Fsp3) is 0.696. The van der Waals surface area contributed by atoms with Crippen LogP contribution in [-0.2, 0) is 23.7 Å². The summed E-state index contributed by atoms with van der Waals surface area (Å²) in [6, 6.07) is 2.43. The van der Waals surface area contributed by atoms with Gasteiger partial charge in [-0.05, 0) is 26.0 Å². The molecule has 0 unspecified atom stereocenters. The molecular weight excluding hydrogens is 500 g/mol. The molecule has 2 saturated heterocycles. The van der Waals surface area contributed by atoms with Crippen LogP contribution in [0.1, 0.15) is 24.2 Å². The second-order valence-corrected chi connectivity index (χ2v) is 9.07. The largest absolute Gasteiger partial charge is 0.502 e. The van der Waals surface area contributed by atoms with Crippen molar-refractivity contribution in [2.45, 2.75) is 68.7 Å². The van der Waals surface area contributed by atoms with Crippen LogP contribution in [0.2, 0.25) is 0 Å². The Kier molecular flexibility index (Phi) is 9.55. The SMILES string of the molecule is COc1cc(C(=O)OC[C@@]2(O)CO[C@@H](OC[C@H]3O[C@@H](OC(C)C)[C@H](O)[C@@H](O)[C@@H]3O)[C@@H]2O)cc(OC)c1O. The number of phenolic OH excluding ortho intramolecular Hbond substituents is 1. The molecule has 0 aromatic heterocycles. The molecule has 0 spiro atoms. The van der Waals surface area contributed by atoms with Crippen LogP contribution in [0.5, 0.6) is 17.2 Å². The molecule has 8 atom stereocenters. The van der Waals surface area contributed by atoms with Crippen molar-refractivity contribution in [3.05, 3.63) is 17.7 Å². The molecule has 2 aliphatic heterocycles. The van der Waals surface area contributed by atoms with E-state index in [1.165, 1.54) is 26.4 Å². The van der Waals surface area contributed by atoms with E-state index in [0.717, 1.165) is 0 Å². The average molecular weight is 535 g/mol. The van der Waals surface area contributed by atoms with E-state index in [4.69, 9.17) is 33.2 Å². The Hall–Kier alpha value is -2.27. The Labute approximate surface area is 212 Å². The summed E-state index contributed by atoms with van der Waals surface area (Å²) in [5.41, 5.74) is -2.07. The molecule has 37 heavy (non-hydrogen) atoms. The third kappa shape index (κ3) is 6.42. The van der Waals surface area contributed by atoms with Gasteiger partial charge in [0.15, 0.2) is 29.7 Å². The lowest BCUT2D eigenvalue weighted by Gasteiger charge is -2.41. The van der Waals surface area contributed by atoms with Gasteiger partial charge in [0.25, 0.3) is 0 Å². The topological polar surface area (TPSA) is 203 Å². The monoisotopic (exact) mass is 534 g/mol. The van der Waals surface area contributed by atoms with E-state index in [-0.39, 0.29) is 28.9 Å². The van der Waals surface area contributed by atoms with E-state index in [1.54, 1.807) is 13.8 Å². The lowest BCUT2D eigenvalue weighted by molar-refractivity contribution is -0.316. The molecule has 14 nitrogen and oxygen atoms in total. The Morgan fingerprint density at radius 2 is 1.68 bits per heavy atom. The summed E-state index contributed by atoms with van der Waals surface area (Å²) in [7, 11) is 2.58. The minimum Gasteiger partial charge on any atom is -0.502 e. The zero-order valence-electron chi connectivity index (χ0n) is 20.8. The number of carbonyl (C=O) groups is 1. The van der Waals surface area contributed by atoms with Gasteiger partial charge in [0.2, 0.25) is 5.75 Å². The predicted octanol–water partition coefficient (Wildman–Crippen LogP) is -1.74. The van der Waals surface area contributed by atoms with Crippen LogP contribution in [0, 0.1) is 0 Å². The number of hydrogen-bond acceptors (Lipinski definition) is 14. The van der Waals surface area contributed by atoms with Gasteiger partial charge in [-0.15, -0.1) is 0 Å². The number of ether oxygens (including phenoxy) is 7. The molecule has 3 rings (SSSR count). The van der Waals surface area contributed by atoms with E-state index in [0.29, 0.717) is 0 Å². The number of esters is 1. The van der Waals surface area contributed by atoms with Gasteiger partial charge in [0.1, 0.15) is 37.1 Å². The van der Waals surface area contributed by atoms with Crippen molar-refractivity contribution in [3.63, 3.8) is 0 Å². The molecule has 1 aromatic carbocycles. The summed E-state index contributed by atoms with van der Waals surface area (Å²) in [6.07, 6.45) is -10.4. The third-order valence-electron chi connectivity index (χ3n) is 5.97. The molecule has 0 radical (unpaired) electrons. The lowest BCUT2D eigenvalue weighted by Crippen LogP contribution is -2.60. The van der Waals surface area contributed by atoms with Gasteiger partial charge >= 0.3 is 5.97 Å². The van der Waals surface area contributed by atoms with Crippen molar-refractivity contribution in [3.8, 4) is 17.2 Å². The summed E-state index contributed by atoms with van der Waals surface area (Å²) >= 11 is 0. The average Bonchev–Trinajstić information content (AvgIpc) is 3.15. The minimum absolute atomic E-state index is 0.0338. The maximum absolute atomic E-state index is 12.5. The van der Waals surface area contributed by atoms with Crippen LogP contribution in [0.15, 0.2) is 12.1 Å². The molecule has 2 fully saturated rings. The van der Waals surface area contributed by atoms with Gasteiger partial charge in [0, 0.05) is 0 Å². The van der Waals surface area contributed by atoms with Crippen LogP contribution in [0.25, 0.3) is 0 Å². The maximum atomic E-state index is 12.5. The van der Waals surface area contributed by atoms with E-state index >= 15 is 0 Å². The van der Waals surface area contributed by atoms with Gasteiger partial charge < -0.3 is 63.8 Å². The molecule has 1 aromatic rings. The molecule has 2 heterocycles. The van der Waals surface area contributed by atoms with Crippen LogP contribution in [0.4, 0.5) is 0 Å². The molecule has 14 heteroatoms. The number of benzene rings is 1. The first-order valence-corrected chi connectivity index (χ1v) is 11.5. The molecule has 2 aliphatic rings. The van der Waals surface area contributed by atoms with Crippen LogP contribution in [0.3, 0.4) is 0 Å².